The molecule has 0 bridgehead atoms. The lowest BCUT2D eigenvalue weighted by Crippen LogP contribution is -1.96. The van der Waals surface area contributed by atoms with Crippen molar-refractivity contribution in [2.75, 3.05) is 5.73 Å². The highest BCUT2D eigenvalue weighted by Crippen LogP contribution is 2.38. The Labute approximate surface area is 88.5 Å². The molecule has 3 nitrogen and oxygen atoms in total. The third-order valence-electron chi connectivity index (χ3n) is 1.04. The van der Waals surface area contributed by atoms with Crippen LogP contribution in [0.25, 0.3) is 0 Å². The van der Waals surface area contributed by atoms with Gasteiger partial charge in [0.1, 0.15) is 9.21 Å². The van der Waals surface area contributed by atoms with E-state index < -0.39 is 5.97 Å². The standard InChI is InChI=1S/C5H3Cl2NO2S.ClH/c6-1-2(8)3(5(9)10)11-4(1)7;/h8H2,(H,9,10);1H. The van der Waals surface area contributed by atoms with Gasteiger partial charge in [-0.2, -0.15) is 0 Å². The molecule has 0 unspecified atom stereocenters. The summed E-state index contributed by atoms with van der Waals surface area (Å²) in [7, 11) is 0. The Morgan fingerprint density at radius 3 is 2.17 bits per heavy atom. The number of halogens is 3. The molecule has 3 N–H and O–H groups in total. The van der Waals surface area contributed by atoms with E-state index in [1.54, 1.807) is 0 Å². The maximum Gasteiger partial charge on any atom is 0.348 e. The Balaban J connectivity index is 0.00000121. The maximum atomic E-state index is 10.4. The molecule has 1 rings (SSSR count). The number of hydrogen-bond donors (Lipinski definition) is 2. The average Bonchev–Trinajstić information content (AvgIpc) is 2.17. The van der Waals surface area contributed by atoms with Crippen molar-refractivity contribution in [1.29, 1.82) is 0 Å². The van der Waals surface area contributed by atoms with Crippen LogP contribution in [0.1, 0.15) is 9.67 Å². The molecule has 0 aliphatic rings. The van der Waals surface area contributed by atoms with Crippen molar-refractivity contribution < 1.29 is 9.90 Å². The molecule has 68 valence electrons. The van der Waals surface area contributed by atoms with Crippen molar-refractivity contribution >= 4 is 58.6 Å². The minimum Gasteiger partial charge on any atom is -0.477 e. The topological polar surface area (TPSA) is 63.3 Å². The van der Waals surface area contributed by atoms with Crippen molar-refractivity contribution in [3.8, 4) is 0 Å². The van der Waals surface area contributed by atoms with E-state index in [2.05, 4.69) is 0 Å². The molecular formula is C5H4Cl3NO2S. The number of carboxylic acid groups (broad SMARTS) is 1. The van der Waals surface area contributed by atoms with Crippen LogP contribution in [-0.4, -0.2) is 11.1 Å². The van der Waals surface area contributed by atoms with Crippen LogP contribution >= 0.6 is 46.9 Å². The van der Waals surface area contributed by atoms with E-state index >= 15 is 0 Å². The SMILES string of the molecule is Cl.Nc1c(C(=O)O)sc(Cl)c1Cl. The smallest absolute Gasteiger partial charge is 0.348 e. The van der Waals surface area contributed by atoms with Crippen LogP contribution in [0.4, 0.5) is 5.69 Å². The van der Waals surface area contributed by atoms with Gasteiger partial charge in [-0.15, -0.1) is 23.7 Å². The summed E-state index contributed by atoms with van der Waals surface area (Å²) in [6, 6.07) is 0. The largest absolute Gasteiger partial charge is 0.477 e. The van der Waals surface area contributed by atoms with Crippen LogP contribution < -0.4 is 5.73 Å². The van der Waals surface area contributed by atoms with Crippen molar-refractivity contribution in [2.45, 2.75) is 0 Å². The van der Waals surface area contributed by atoms with Crippen molar-refractivity contribution in [3.63, 3.8) is 0 Å². The molecule has 0 aliphatic carbocycles. The highest BCUT2D eigenvalue weighted by atomic mass is 35.5. The molecule has 0 fully saturated rings. The number of rotatable bonds is 1. The zero-order valence-corrected chi connectivity index (χ0v) is 8.65. The summed E-state index contributed by atoms with van der Waals surface area (Å²) in [5.74, 6) is -1.11. The molecule has 1 aromatic rings. The van der Waals surface area contributed by atoms with E-state index in [0.717, 1.165) is 11.3 Å². The van der Waals surface area contributed by atoms with Crippen molar-refractivity contribution in [3.05, 3.63) is 14.2 Å². The van der Waals surface area contributed by atoms with Gasteiger partial charge in [0.25, 0.3) is 0 Å². The molecule has 0 amide bonds. The molecule has 0 saturated heterocycles. The second-order valence-electron chi connectivity index (χ2n) is 1.74. The number of hydrogen-bond acceptors (Lipinski definition) is 3. The normalized spacial score (nSPS) is 9.17. The number of carboxylic acids is 1. The van der Waals surface area contributed by atoms with Gasteiger partial charge in [-0.25, -0.2) is 4.79 Å². The molecule has 0 atom stereocenters. The Morgan fingerprint density at radius 1 is 1.50 bits per heavy atom. The fourth-order valence-electron chi connectivity index (χ4n) is 0.554. The van der Waals surface area contributed by atoms with Gasteiger partial charge in [-0.1, -0.05) is 23.2 Å². The first-order valence-electron chi connectivity index (χ1n) is 2.50. The molecule has 7 heteroatoms. The van der Waals surface area contributed by atoms with Crippen LogP contribution in [0.3, 0.4) is 0 Å². The molecule has 1 aromatic heterocycles. The minimum absolute atomic E-state index is 0. The lowest BCUT2D eigenvalue weighted by atomic mass is 10.4. The second kappa shape index (κ2) is 4.18. The first kappa shape index (κ1) is 11.8. The summed E-state index contributed by atoms with van der Waals surface area (Å²) < 4.78 is 0.210. The second-order valence-corrected chi connectivity index (χ2v) is 3.74. The third-order valence-corrected chi connectivity index (χ3v) is 3.04. The maximum absolute atomic E-state index is 10.4. The number of nitrogen functional groups attached to an aromatic ring is 1. The van der Waals surface area contributed by atoms with Crippen molar-refractivity contribution in [1.82, 2.24) is 0 Å². The molecule has 0 spiro atoms. The Morgan fingerprint density at radius 2 is 2.00 bits per heavy atom. The molecule has 1 heterocycles. The summed E-state index contributed by atoms with van der Waals surface area (Å²) in [5, 5.41) is 8.64. The van der Waals surface area contributed by atoms with Crippen LogP contribution in [-0.2, 0) is 0 Å². The molecule has 0 radical (unpaired) electrons. The quantitative estimate of drug-likeness (QED) is 0.803. The van der Waals surface area contributed by atoms with Crippen LogP contribution in [0.5, 0.6) is 0 Å². The van der Waals surface area contributed by atoms with E-state index in [0.29, 0.717) is 0 Å². The lowest BCUT2D eigenvalue weighted by molar-refractivity contribution is 0.0703. The molecule has 0 aliphatic heterocycles. The summed E-state index contributed by atoms with van der Waals surface area (Å²) in [6.07, 6.45) is 0. The van der Waals surface area contributed by atoms with Gasteiger partial charge in [0.15, 0.2) is 0 Å². The molecule has 12 heavy (non-hydrogen) atoms. The zero-order valence-electron chi connectivity index (χ0n) is 5.51. The van der Waals surface area contributed by atoms with E-state index in [1.165, 1.54) is 0 Å². The Kier molecular flexibility index (Phi) is 4.13. The highest BCUT2D eigenvalue weighted by molar-refractivity contribution is 7.19. The van der Waals surface area contributed by atoms with E-state index in [-0.39, 0.29) is 32.3 Å². The van der Waals surface area contributed by atoms with Crippen molar-refractivity contribution in [2.24, 2.45) is 0 Å². The minimum atomic E-state index is -1.11. The van der Waals surface area contributed by atoms with Crippen LogP contribution in [0, 0.1) is 0 Å². The summed E-state index contributed by atoms with van der Waals surface area (Å²) >= 11 is 11.9. The van der Waals surface area contributed by atoms with Gasteiger partial charge in [0.05, 0.1) is 10.7 Å². The van der Waals surface area contributed by atoms with Gasteiger partial charge >= 0.3 is 5.97 Å². The van der Waals surface area contributed by atoms with Crippen LogP contribution in [0.15, 0.2) is 0 Å². The molecule has 0 aromatic carbocycles. The molecule has 0 saturated carbocycles. The number of thiophene rings is 1. The number of carbonyl (C=O) groups is 1. The lowest BCUT2D eigenvalue weighted by Gasteiger charge is -1.89. The predicted molar refractivity (Wildman–Crippen MR) is 53.0 cm³/mol. The van der Waals surface area contributed by atoms with Gasteiger partial charge in [-0.05, 0) is 0 Å². The number of anilines is 1. The summed E-state index contributed by atoms with van der Waals surface area (Å²) in [4.78, 5) is 10.4. The first-order valence-corrected chi connectivity index (χ1v) is 4.08. The monoisotopic (exact) mass is 247 g/mol. The summed E-state index contributed by atoms with van der Waals surface area (Å²) in [5.41, 5.74) is 5.35. The van der Waals surface area contributed by atoms with Gasteiger partial charge in [0.2, 0.25) is 0 Å². The summed E-state index contributed by atoms with van der Waals surface area (Å²) in [6.45, 7) is 0. The fraction of sp³-hybridized carbons (Fsp3) is 0. The van der Waals surface area contributed by atoms with E-state index in [9.17, 15) is 4.79 Å². The average molecular weight is 249 g/mol. The van der Waals surface area contributed by atoms with Gasteiger partial charge in [-0.3, -0.25) is 0 Å². The van der Waals surface area contributed by atoms with Gasteiger partial charge < -0.3 is 10.8 Å². The Bertz CT molecular complexity index is 312. The van der Waals surface area contributed by atoms with E-state index in [1.807, 2.05) is 0 Å². The van der Waals surface area contributed by atoms with Gasteiger partial charge in [0, 0.05) is 0 Å². The van der Waals surface area contributed by atoms with E-state index in [4.69, 9.17) is 34.0 Å². The highest BCUT2D eigenvalue weighted by Gasteiger charge is 2.17. The third kappa shape index (κ3) is 1.95. The fourth-order valence-corrected chi connectivity index (χ4v) is 1.83. The first-order chi connectivity index (χ1) is 5.04. The Hall–Kier alpha value is -0.160. The number of nitrogens with two attached hydrogens (primary N) is 1. The number of aromatic carboxylic acids is 1. The zero-order chi connectivity index (χ0) is 8.59. The van der Waals surface area contributed by atoms with Crippen LogP contribution in [0.2, 0.25) is 9.36 Å². The molecular weight excluding hydrogens is 244 g/mol. The predicted octanol–water partition coefficient (Wildman–Crippen LogP) is 2.76.